The van der Waals surface area contributed by atoms with Crippen LogP contribution in [0.5, 0.6) is 0 Å². The van der Waals surface area contributed by atoms with Gasteiger partial charge in [-0.25, -0.2) is 0 Å². The second-order valence-electron chi connectivity index (χ2n) is 6.05. The van der Waals surface area contributed by atoms with E-state index in [1.54, 1.807) is 0 Å². The molecule has 0 spiro atoms. The SMILES string of the molecule is CC(C)c1ccc(C(O)C2(C#N)CCCCC2)cc1. The lowest BCUT2D eigenvalue weighted by atomic mass is 9.69. The zero-order valence-corrected chi connectivity index (χ0v) is 11.9. The molecule has 0 saturated heterocycles. The largest absolute Gasteiger partial charge is 0.387 e. The van der Waals surface area contributed by atoms with Crippen LogP contribution in [0.2, 0.25) is 0 Å². The van der Waals surface area contributed by atoms with Gasteiger partial charge in [0.2, 0.25) is 0 Å². The maximum atomic E-state index is 10.6. The second-order valence-corrected chi connectivity index (χ2v) is 6.05. The van der Waals surface area contributed by atoms with Crippen LogP contribution in [0.4, 0.5) is 0 Å². The highest BCUT2D eigenvalue weighted by Gasteiger charge is 2.40. The summed E-state index contributed by atoms with van der Waals surface area (Å²) < 4.78 is 0. The van der Waals surface area contributed by atoms with Crippen molar-refractivity contribution >= 4 is 0 Å². The number of aliphatic hydroxyl groups excluding tert-OH is 1. The summed E-state index contributed by atoms with van der Waals surface area (Å²) in [6.45, 7) is 4.31. The van der Waals surface area contributed by atoms with Crippen LogP contribution in [0.3, 0.4) is 0 Å². The molecule has 0 aromatic heterocycles. The van der Waals surface area contributed by atoms with Gasteiger partial charge >= 0.3 is 0 Å². The lowest BCUT2D eigenvalue weighted by molar-refractivity contribution is 0.0360. The first kappa shape index (κ1) is 14.1. The van der Waals surface area contributed by atoms with Gasteiger partial charge in [-0.2, -0.15) is 5.26 Å². The minimum absolute atomic E-state index is 0.491. The summed E-state index contributed by atoms with van der Waals surface area (Å²) >= 11 is 0. The Labute approximate surface area is 116 Å². The molecule has 1 aromatic carbocycles. The van der Waals surface area contributed by atoms with Crippen molar-refractivity contribution in [1.82, 2.24) is 0 Å². The first-order chi connectivity index (χ1) is 9.09. The normalized spacial score (nSPS) is 19.9. The molecule has 2 nitrogen and oxygen atoms in total. The van der Waals surface area contributed by atoms with Gasteiger partial charge in [0, 0.05) is 0 Å². The molecule has 1 aliphatic carbocycles. The van der Waals surface area contributed by atoms with E-state index >= 15 is 0 Å². The molecule has 1 atom stereocenters. The van der Waals surface area contributed by atoms with E-state index in [4.69, 9.17) is 0 Å². The highest BCUT2D eigenvalue weighted by Crippen LogP contribution is 2.45. The maximum Gasteiger partial charge on any atom is 0.0976 e. The maximum absolute atomic E-state index is 10.6. The van der Waals surface area contributed by atoms with E-state index in [2.05, 4.69) is 32.0 Å². The molecular weight excluding hydrogens is 234 g/mol. The van der Waals surface area contributed by atoms with Gasteiger partial charge in [0.1, 0.15) is 0 Å². The smallest absolute Gasteiger partial charge is 0.0976 e. The summed E-state index contributed by atoms with van der Waals surface area (Å²) in [6.07, 6.45) is 4.26. The van der Waals surface area contributed by atoms with E-state index < -0.39 is 11.5 Å². The van der Waals surface area contributed by atoms with Gasteiger partial charge in [-0.15, -0.1) is 0 Å². The average Bonchev–Trinajstić information content (AvgIpc) is 2.47. The fourth-order valence-electron chi connectivity index (χ4n) is 3.01. The Hall–Kier alpha value is -1.33. The number of nitriles is 1. The number of hydrogen-bond acceptors (Lipinski definition) is 2. The summed E-state index contributed by atoms with van der Waals surface area (Å²) in [5, 5.41) is 20.1. The molecular formula is C17H23NO. The van der Waals surface area contributed by atoms with Crippen LogP contribution in [-0.4, -0.2) is 5.11 Å². The topological polar surface area (TPSA) is 44.0 Å². The van der Waals surface area contributed by atoms with E-state index in [-0.39, 0.29) is 0 Å². The molecule has 1 saturated carbocycles. The van der Waals surface area contributed by atoms with Gasteiger partial charge < -0.3 is 5.11 Å². The fraction of sp³-hybridized carbons (Fsp3) is 0.588. The van der Waals surface area contributed by atoms with E-state index in [9.17, 15) is 10.4 Å². The molecule has 2 rings (SSSR count). The average molecular weight is 257 g/mol. The molecule has 0 radical (unpaired) electrons. The van der Waals surface area contributed by atoms with Crippen LogP contribution in [0.15, 0.2) is 24.3 Å². The summed E-state index contributed by atoms with van der Waals surface area (Å²) in [7, 11) is 0. The predicted octanol–water partition coefficient (Wildman–Crippen LogP) is 4.32. The molecule has 1 unspecified atom stereocenters. The monoisotopic (exact) mass is 257 g/mol. The number of rotatable bonds is 3. The van der Waals surface area contributed by atoms with Crippen LogP contribution in [0.25, 0.3) is 0 Å². The molecule has 19 heavy (non-hydrogen) atoms. The van der Waals surface area contributed by atoms with Crippen molar-refractivity contribution < 1.29 is 5.11 Å². The first-order valence-electron chi connectivity index (χ1n) is 7.28. The summed E-state index contributed by atoms with van der Waals surface area (Å²) in [6, 6.07) is 10.5. The third-order valence-electron chi connectivity index (χ3n) is 4.41. The highest BCUT2D eigenvalue weighted by molar-refractivity contribution is 5.28. The lowest BCUT2D eigenvalue weighted by Gasteiger charge is -2.35. The number of nitrogens with zero attached hydrogens (tertiary/aromatic N) is 1. The van der Waals surface area contributed by atoms with Gasteiger partial charge in [-0.1, -0.05) is 57.4 Å². The molecule has 1 aliphatic rings. The minimum Gasteiger partial charge on any atom is -0.387 e. The Morgan fingerprint density at radius 3 is 2.05 bits per heavy atom. The van der Waals surface area contributed by atoms with Crippen molar-refractivity contribution in [3.63, 3.8) is 0 Å². The quantitative estimate of drug-likeness (QED) is 0.876. The van der Waals surface area contributed by atoms with E-state index in [0.717, 1.165) is 31.2 Å². The molecule has 2 heteroatoms. The van der Waals surface area contributed by atoms with Crippen molar-refractivity contribution in [2.75, 3.05) is 0 Å². The Morgan fingerprint density at radius 2 is 1.58 bits per heavy atom. The summed E-state index contributed by atoms with van der Waals surface area (Å²) in [5.41, 5.74) is 1.58. The van der Waals surface area contributed by atoms with Gasteiger partial charge in [0.15, 0.2) is 0 Å². The van der Waals surface area contributed by atoms with Crippen LogP contribution < -0.4 is 0 Å². The minimum atomic E-state index is -0.654. The van der Waals surface area contributed by atoms with Crippen molar-refractivity contribution in [2.24, 2.45) is 5.41 Å². The van der Waals surface area contributed by atoms with Crippen molar-refractivity contribution in [2.45, 2.75) is 58.0 Å². The second kappa shape index (κ2) is 5.75. The van der Waals surface area contributed by atoms with E-state index in [1.165, 1.54) is 12.0 Å². The summed E-state index contributed by atoms with van der Waals surface area (Å²) in [5.74, 6) is 0.491. The molecule has 0 amide bonds. The van der Waals surface area contributed by atoms with Gasteiger partial charge in [0.05, 0.1) is 17.6 Å². The fourth-order valence-corrected chi connectivity index (χ4v) is 3.01. The van der Waals surface area contributed by atoms with Crippen LogP contribution in [0.1, 0.15) is 69.1 Å². The van der Waals surface area contributed by atoms with Gasteiger partial charge in [-0.3, -0.25) is 0 Å². The van der Waals surface area contributed by atoms with Crippen molar-refractivity contribution in [3.05, 3.63) is 35.4 Å². The number of hydrogen-bond donors (Lipinski definition) is 1. The Bertz CT molecular complexity index is 449. The molecule has 1 aromatic rings. The third kappa shape index (κ3) is 2.82. The molecule has 0 bridgehead atoms. The predicted molar refractivity (Wildman–Crippen MR) is 76.6 cm³/mol. The third-order valence-corrected chi connectivity index (χ3v) is 4.41. The Morgan fingerprint density at radius 1 is 1.05 bits per heavy atom. The number of aliphatic hydroxyl groups is 1. The first-order valence-corrected chi connectivity index (χ1v) is 7.28. The highest BCUT2D eigenvalue weighted by atomic mass is 16.3. The molecule has 0 aliphatic heterocycles. The standard InChI is InChI=1S/C17H23NO/c1-13(2)14-6-8-15(9-7-14)16(19)17(12-18)10-4-3-5-11-17/h6-9,13,16,19H,3-5,10-11H2,1-2H3. The molecule has 1 N–H and O–H groups in total. The Kier molecular flexibility index (Phi) is 4.27. The van der Waals surface area contributed by atoms with Crippen molar-refractivity contribution in [3.8, 4) is 6.07 Å². The zero-order chi connectivity index (χ0) is 13.9. The van der Waals surface area contributed by atoms with E-state index in [0.29, 0.717) is 5.92 Å². The Balaban J connectivity index is 2.22. The van der Waals surface area contributed by atoms with Crippen LogP contribution >= 0.6 is 0 Å². The van der Waals surface area contributed by atoms with Crippen LogP contribution in [-0.2, 0) is 0 Å². The van der Waals surface area contributed by atoms with Gasteiger partial charge in [-0.05, 0) is 29.9 Å². The van der Waals surface area contributed by atoms with Crippen LogP contribution in [0, 0.1) is 16.7 Å². The number of benzene rings is 1. The summed E-state index contributed by atoms with van der Waals surface area (Å²) in [4.78, 5) is 0. The van der Waals surface area contributed by atoms with Gasteiger partial charge in [0.25, 0.3) is 0 Å². The van der Waals surface area contributed by atoms with E-state index in [1.807, 2.05) is 12.1 Å². The molecule has 102 valence electrons. The lowest BCUT2D eigenvalue weighted by Crippen LogP contribution is -2.30. The zero-order valence-electron chi connectivity index (χ0n) is 11.9. The van der Waals surface area contributed by atoms with Crippen molar-refractivity contribution in [1.29, 1.82) is 5.26 Å². The molecule has 1 fully saturated rings. The molecule has 0 heterocycles.